The Morgan fingerprint density at radius 3 is 1.36 bits per heavy atom. The minimum Gasteiger partial charge on any atom is -0.398 e. The smallest absolute Gasteiger partial charge is 0.169 e. The maximum atomic E-state index is 7.01. The van der Waals surface area contributed by atoms with Crippen molar-refractivity contribution < 1.29 is 0 Å². The molecule has 1 heterocycles. The Morgan fingerprint density at radius 2 is 0.811 bits per heavy atom. The summed E-state index contributed by atoms with van der Waals surface area (Å²) in [6, 6.07) is 93.7. The molecule has 11 aromatic carbocycles. The number of nitrogens with one attached hydrogen (secondary N) is 1. The lowest BCUT2D eigenvalue weighted by molar-refractivity contribution is 0.646. The van der Waals surface area contributed by atoms with E-state index < -0.39 is 6.17 Å². The van der Waals surface area contributed by atoms with E-state index in [9.17, 15) is 0 Å². The van der Waals surface area contributed by atoms with Crippen LogP contribution in [0.1, 0.15) is 51.5 Å². The average Bonchev–Trinajstić information content (AvgIpc) is 3.48. The number of aliphatic imine (C=N–C) groups is 2. The number of nitrogens with zero attached hydrogens (tertiary/aromatic N) is 2. The molecule has 0 saturated carbocycles. The van der Waals surface area contributed by atoms with E-state index in [0.29, 0.717) is 5.70 Å². The van der Waals surface area contributed by atoms with E-state index in [4.69, 9.17) is 21.5 Å². The Hall–Kier alpha value is -9.42. The van der Waals surface area contributed by atoms with Gasteiger partial charge < -0.3 is 16.8 Å². The van der Waals surface area contributed by atoms with Crippen LogP contribution in [0.5, 0.6) is 0 Å². The largest absolute Gasteiger partial charge is 0.398 e. The zero-order chi connectivity index (χ0) is 49.8. The molecule has 0 amide bonds. The predicted octanol–water partition coefficient (Wildman–Crippen LogP) is 15.9. The molecular formula is C69H53N5. The molecule has 2 unspecified atom stereocenters. The number of hydrogen-bond acceptors (Lipinski definition) is 5. The molecule has 0 fully saturated rings. The van der Waals surface area contributed by atoms with E-state index in [0.717, 1.165) is 72.9 Å². The summed E-state index contributed by atoms with van der Waals surface area (Å²) in [7, 11) is 0. The maximum absolute atomic E-state index is 7.01. The Kier molecular flexibility index (Phi) is 12.6. The Balaban J connectivity index is 0.805. The van der Waals surface area contributed by atoms with Gasteiger partial charge in [0.1, 0.15) is 11.7 Å². The lowest BCUT2D eigenvalue weighted by atomic mass is 9.85. The SMILES string of the molecule is N/C(=C\C(c1ccc(-c2ccc3c(-c4cccc5cc(-c6ccc(C7N=C(c8ccccc8)NC(c8ccc(-c9ccccc9)cc8)=N7)cc6)ccc45)cccc3c2)cc1)[C@@H](N)c1ccccc1)c1ccccc1. The fourth-order valence-electron chi connectivity index (χ4n) is 10.3. The quantitative estimate of drug-likeness (QED) is 0.114. The third kappa shape index (κ3) is 9.44. The van der Waals surface area contributed by atoms with E-state index in [1.807, 2.05) is 72.8 Å². The minimum absolute atomic E-state index is 0.128. The lowest BCUT2D eigenvalue weighted by Gasteiger charge is -2.23. The third-order valence-corrected chi connectivity index (χ3v) is 14.3. The van der Waals surface area contributed by atoms with Crippen molar-refractivity contribution in [3.8, 4) is 44.5 Å². The van der Waals surface area contributed by atoms with Crippen LogP contribution in [0.15, 0.2) is 283 Å². The molecule has 0 aromatic heterocycles. The van der Waals surface area contributed by atoms with Gasteiger partial charge in [-0.15, -0.1) is 0 Å². The average molecular weight is 952 g/mol. The summed E-state index contributed by atoms with van der Waals surface area (Å²) in [4.78, 5) is 10.3. The topological polar surface area (TPSA) is 88.8 Å². The zero-order valence-electron chi connectivity index (χ0n) is 40.8. The van der Waals surface area contributed by atoms with Crippen molar-refractivity contribution in [2.75, 3.05) is 0 Å². The van der Waals surface area contributed by atoms with Gasteiger partial charge in [-0.2, -0.15) is 0 Å². The maximum Gasteiger partial charge on any atom is 0.169 e. The molecule has 1 aliphatic heterocycles. The van der Waals surface area contributed by atoms with Crippen LogP contribution in [0.25, 0.3) is 71.7 Å². The second-order valence-corrected chi connectivity index (χ2v) is 18.9. The molecule has 0 aliphatic carbocycles. The molecule has 3 atom stereocenters. The van der Waals surface area contributed by atoms with E-state index in [1.54, 1.807) is 0 Å². The van der Waals surface area contributed by atoms with Crippen LogP contribution in [0, 0.1) is 0 Å². The fraction of sp³-hybridized carbons (Fsp3) is 0.0435. The first-order valence-electron chi connectivity index (χ1n) is 25.2. The number of fused-ring (bicyclic) bond motifs is 2. The van der Waals surface area contributed by atoms with E-state index in [2.05, 4.69) is 206 Å². The zero-order valence-corrected chi connectivity index (χ0v) is 40.8. The van der Waals surface area contributed by atoms with Crippen molar-refractivity contribution in [1.29, 1.82) is 0 Å². The van der Waals surface area contributed by atoms with Crippen molar-refractivity contribution >= 4 is 38.9 Å². The molecule has 0 radical (unpaired) electrons. The molecule has 5 heteroatoms. The van der Waals surface area contributed by atoms with Gasteiger partial charge in [-0.3, -0.25) is 0 Å². The second-order valence-electron chi connectivity index (χ2n) is 18.9. The monoisotopic (exact) mass is 951 g/mol. The summed E-state index contributed by atoms with van der Waals surface area (Å²) in [6.07, 6.45) is 1.70. The number of nitrogens with two attached hydrogens (primary N) is 2. The number of amidine groups is 2. The van der Waals surface area contributed by atoms with E-state index in [1.165, 1.54) is 38.2 Å². The summed E-state index contributed by atoms with van der Waals surface area (Å²) in [5.74, 6) is 1.47. The summed E-state index contributed by atoms with van der Waals surface area (Å²) in [6.45, 7) is 0. The number of rotatable bonds is 12. The summed E-state index contributed by atoms with van der Waals surface area (Å²) in [5.41, 5.74) is 30.0. The molecule has 0 spiro atoms. The molecular weight excluding hydrogens is 899 g/mol. The minimum atomic E-state index is -0.406. The summed E-state index contributed by atoms with van der Waals surface area (Å²) >= 11 is 0. The van der Waals surface area contributed by atoms with Gasteiger partial charge in [-0.1, -0.05) is 261 Å². The Morgan fingerprint density at radius 1 is 0.392 bits per heavy atom. The van der Waals surface area contributed by atoms with Gasteiger partial charge in [0.05, 0.1) is 0 Å². The first-order chi connectivity index (χ1) is 36.5. The van der Waals surface area contributed by atoms with Crippen molar-refractivity contribution in [2.45, 2.75) is 18.1 Å². The highest BCUT2D eigenvalue weighted by Gasteiger charge is 2.23. The second kappa shape index (κ2) is 20.4. The third-order valence-electron chi connectivity index (χ3n) is 14.3. The molecule has 5 N–H and O–H groups in total. The van der Waals surface area contributed by atoms with Crippen LogP contribution in [0.3, 0.4) is 0 Å². The molecule has 354 valence electrons. The van der Waals surface area contributed by atoms with Crippen molar-refractivity contribution in [2.24, 2.45) is 21.5 Å². The van der Waals surface area contributed by atoms with Crippen molar-refractivity contribution in [3.63, 3.8) is 0 Å². The van der Waals surface area contributed by atoms with Gasteiger partial charge in [0, 0.05) is 28.8 Å². The Bertz CT molecular complexity index is 3850. The standard InChI is InChI=1S/C69H53N5/c70-65(51-17-7-2-8-18-51)45-64(66(71)52-19-9-3-10-20-52)50-33-27-48(28-34-50)56-39-41-60-58(43-56)23-13-25-62(60)63-26-14-24-59-44-57(40-42-61(59)63)49-31-37-55(38-32-49)69-73-67(53-21-11-4-12-22-53)72-68(74-69)54-35-29-47(30-36-54)46-15-5-1-6-16-46/h1-45,64,66,69H,70-71H2,(H,72,73,74)/b65-45-/t64?,66-,69?/m0/s1. The van der Waals surface area contributed by atoms with E-state index in [-0.39, 0.29) is 12.0 Å². The van der Waals surface area contributed by atoms with Gasteiger partial charge in [-0.05, 0) is 100 Å². The summed E-state index contributed by atoms with van der Waals surface area (Å²) < 4.78 is 0. The number of benzene rings is 11. The first-order valence-corrected chi connectivity index (χ1v) is 25.2. The van der Waals surface area contributed by atoms with Gasteiger partial charge in [0.25, 0.3) is 0 Å². The van der Waals surface area contributed by atoms with Gasteiger partial charge >= 0.3 is 0 Å². The van der Waals surface area contributed by atoms with Crippen LogP contribution in [-0.2, 0) is 0 Å². The van der Waals surface area contributed by atoms with Crippen LogP contribution >= 0.6 is 0 Å². The normalized spacial score (nSPS) is 14.4. The Labute approximate surface area is 432 Å². The molecule has 5 nitrogen and oxygen atoms in total. The molecule has 1 aliphatic rings. The van der Waals surface area contributed by atoms with Crippen LogP contribution in [0.4, 0.5) is 0 Å². The van der Waals surface area contributed by atoms with Crippen molar-refractivity contribution in [1.82, 2.24) is 5.32 Å². The van der Waals surface area contributed by atoms with Gasteiger partial charge in [-0.25, -0.2) is 9.98 Å². The van der Waals surface area contributed by atoms with Crippen molar-refractivity contribution in [3.05, 3.63) is 306 Å². The molecule has 11 aromatic rings. The van der Waals surface area contributed by atoms with E-state index >= 15 is 0 Å². The highest BCUT2D eigenvalue weighted by Crippen LogP contribution is 2.39. The molecule has 74 heavy (non-hydrogen) atoms. The molecule has 0 saturated heterocycles. The predicted molar refractivity (Wildman–Crippen MR) is 310 cm³/mol. The van der Waals surface area contributed by atoms with Gasteiger partial charge in [0.2, 0.25) is 0 Å². The highest BCUT2D eigenvalue weighted by atomic mass is 15.2. The van der Waals surface area contributed by atoms with Crippen LogP contribution in [-0.4, -0.2) is 11.7 Å². The van der Waals surface area contributed by atoms with Gasteiger partial charge in [0.15, 0.2) is 6.17 Å². The van der Waals surface area contributed by atoms with Crippen LogP contribution in [0.2, 0.25) is 0 Å². The first kappa shape index (κ1) is 45.7. The van der Waals surface area contributed by atoms with Crippen LogP contribution < -0.4 is 16.8 Å². The fourth-order valence-corrected chi connectivity index (χ4v) is 10.3. The number of hydrogen-bond donors (Lipinski definition) is 3. The highest BCUT2D eigenvalue weighted by molar-refractivity contribution is 6.16. The summed E-state index contributed by atoms with van der Waals surface area (Å²) in [5, 5.41) is 8.34. The lowest BCUT2D eigenvalue weighted by Crippen LogP contribution is -2.36. The molecule has 0 bridgehead atoms. The molecule has 12 rings (SSSR count).